The molecule has 192 valence electrons. The van der Waals surface area contributed by atoms with Gasteiger partial charge in [0.2, 0.25) is 11.8 Å². The maximum absolute atomic E-state index is 14.2. The molecule has 38 heavy (non-hydrogen) atoms. The van der Waals surface area contributed by atoms with Crippen LogP contribution in [0.2, 0.25) is 0 Å². The molecule has 1 aromatic heterocycles. The number of hydrogen-bond donors (Lipinski definition) is 1. The van der Waals surface area contributed by atoms with E-state index in [-0.39, 0.29) is 11.9 Å². The van der Waals surface area contributed by atoms with Crippen LogP contribution in [0.4, 0.5) is 5.69 Å². The molecule has 0 unspecified atom stereocenters. The van der Waals surface area contributed by atoms with Crippen LogP contribution in [-0.4, -0.2) is 36.0 Å². The van der Waals surface area contributed by atoms with E-state index in [1.54, 1.807) is 7.11 Å². The average molecular weight is 504 g/mol. The summed E-state index contributed by atoms with van der Waals surface area (Å²) in [6, 6.07) is 32.8. The van der Waals surface area contributed by atoms with Gasteiger partial charge in [0.25, 0.3) is 0 Å². The number of benzene rings is 3. The zero-order chi connectivity index (χ0) is 26.7. The molecule has 0 aliphatic carbocycles. The van der Waals surface area contributed by atoms with Crippen LogP contribution in [0.5, 0.6) is 5.88 Å². The first-order valence-electron chi connectivity index (χ1n) is 12.9. The first kappa shape index (κ1) is 25.4. The number of aromatic nitrogens is 1. The topological polar surface area (TPSA) is 54.5 Å². The van der Waals surface area contributed by atoms with Gasteiger partial charge in [-0.3, -0.25) is 9.69 Å². The van der Waals surface area contributed by atoms with Crippen molar-refractivity contribution < 1.29 is 9.53 Å². The third-order valence-corrected chi connectivity index (χ3v) is 7.32. The molecule has 0 bridgehead atoms. The van der Waals surface area contributed by atoms with Crippen molar-refractivity contribution in [2.45, 2.75) is 25.3 Å². The second-order valence-corrected chi connectivity index (χ2v) is 10.0. The minimum atomic E-state index is -0.771. The molecular weight excluding hydrogens is 470 g/mol. The number of methoxy groups -OCH3 is 1. The predicted molar refractivity (Wildman–Crippen MR) is 153 cm³/mol. The zero-order valence-electron chi connectivity index (χ0n) is 22.1. The standard InChI is InChI=1S/C33H33N3O2/c1-23(2)27-17-11-12-18-28(27)33(32(37)35-29-20-19-24(3)34-31(29)38-4)21-36(22-33)30(25-13-7-5-8-14-25)26-15-9-6-10-16-26/h5-20,30H,1,21-22H2,2-4H3,(H,35,37). The first-order chi connectivity index (χ1) is 18.4. The molecule has 1 N–H and O–H groups in total. The van der Waals surface area contributed by atoms with Gasteiger partial charge in [-0.05, 0) is 48.2 Å². The number of ether oxygens (including phenoxy) is 1. The fraction of sp³-hybridized carbons (Fsp3) is 0.212. The van der Waals surface area contributed by atoms with Crippen LogP contribution < -0.4 is 10.1 Å². The van der Waals surface area contributed by atoms with Gasteiger partial charge in [-0.25, -0.2) is 4.98 Å². The lowest BCUT2D eigenvalue weighted by molar-refractivity contribution is -0.129. The Morgan fingerprint density at radius 1 is 0.921 bits per heavy atom. The van der Waals surface area contributed by atoms with Crippen LogP contribution in [0.25, 0.3) is 5.57 Å². The highest BCUT2D eigenvalue weighted by Gasteiger charge is 2.53. The fourth-order valence-corrected chi connectivity index (χ4v) is 5.45. The molecule has 1 aliphatic heterocycles. The van der Waals surface area contributed by atoms with E-state index >= 15 is 0 Å². The van der Waals surface area contributed by atoms with Crippen molar-refractivity contribution in [2.24, 2.45) is 0 Å². The Bertz CT molecular complexity index is 1400. The summed E-state index contributed by atoms with van der Waals surface area (Å²) in [7, 11) is 1.57. The summed E-state index contributed by atoms with van der Waals surface area (Å²) < 4.78 is 5.48. The number of aryl methyl sites for hydroxylation is 1. The van der Waals surface area contributed by atoms with Gasteiger partial charge in [0.1, 0.15) is 11.1 Å². The molecule has 1 saturated heterocycles. The summed E-state index contributed by atoms with van der Waals surface area (Å²) in [5.41, 5.74) is 5.95. The second kappa shape index (κ2) is 10.6. The van der Waals surface area contributed by atoms with Crippen LogP contribution >= 0.6 is 0 Å². The number of allylic oxidation sites excluding steroid dienone is 1. The molecule has 4 aromatic rings. The maximum Gasteiger partial charge on any atom is 0.237 e. The highest BCUT2D eigenvalue weighted by atomic mass is 16.5. The number of amides is 1. The highest BCUT2D eigenvalue weighted by molar-refractivity contribution is 6.02. The number of anilines is 1. The molecule has 3 aromatic carbocycles. The van der Waals surface area contributed by atoms with Crippen molar-refractivity contribution in [3.05, 3.63) is 132 Å². The zero-order valence-corrected chi connectivity index (χ0v) is 22.1. The molecule has 0 spiro atoms. The van der Waals surface area contributed by atoms with Gasteiger partial charge in [-0.15, -0.1) is 0 Å². The third-order valence-electron chi connectivity index (χ3n) is 7.32. The van der Waals surface area contributed by atoms with Gasteiger partial charge < -0.3 is 10.1 Å². The molecular formula is C33H33N3O2. The molecule has 5 heteroatoms. The lowest BCUT2D eigenvalue weighted by atomic mass is 9.69. The van der Waals surface area contributed by atoms with Gasteiger partial charge in [0.15, 0.2) is 0 Å². The summed E-state index contributed by atoms with van der Waals surface area (Å²) in [5.74, 6) is 0.329. The Kier molecular flexibility index (Phi) is 7.12. The van der Waals surface area contributed by atoms with Gasteiger partial charge in [-0.2, -0.15) is 0 Å². The van der Waals surface area contributed by atoms with Gasteiger partial charge in [0, 0.05) is 18.8 Å². The molecule has 0 saturated carbocycles. The number of nitrogens with one attached hydrogen (secondary N) is 1. The lowest BCUT2D eigenvalue weighted by Crippen LogP contribution is -2.65. The normalized spacial score (nSPS) is 14.5. The molecule has 0 radical (unpaired) electrons. The summed E-state index contributed by atoms with van der Waals surface area (Å²) in [6.07, 6.45) is 0. The number of likely N-dealkylation sites (tertiary alicyclic amines) is 1. The average Bonchev–Trinajstić information content (AvgIpc) is 2.92. The third kappa shape index (κ3) is 4.73. The van der Waals surface area contributed by atoms with Crippen LogP contribution in [-0.2, 0) is 10.2 Å². The van der Waals surface area contributed by atoms with Gasteiger partial charge in [-0.1, -0.05) is 97.1 Å². The molecule has 0 atom stereocenters. The molecule has 1 amide bonds. The lowest BCUT2D eigenvalue weighted by Gasteiger charge is -2.53. The Hall–Kier alpha value is -4.22. The van der Waals surface area contributed by atoms with Crippen molar-refractivity contribution in [2.75, 3.05) is 25.5 Å². The second-order valence-electron chi connectivity index (χ2n) is 10.0. The van der Waals surface area contributed by atoms with Crippen LogP contribution in [0.15, 0.2) is 104 Å². The van der Waals surface area contributed by atoms with Crippen LogP contribution in [0.3, 0.4) is 0 Å². The Labute approximate surface area is 224 Å². The number of rotatable bonds is 8. The van der Waals surface area contributed by atoms with Gasteiger partial charge >= 0.3 is 0 Å². The molecule has 5 nitrogen and oxygen atoms in total. The number of nitrogens with zero attached hydrogens (tertiary/aromatic N) is 2. The minimum Gasteiger partial charge on any atom is -0.480 e. The number of hydrogen-bond acceptors (Lipinski definition) is 4. The monoisotopic (exact) mass is 503 g/mol. The first-order valence-corrected chi connectivity index (χ1v) is 12.9. The number of carbonyl (C=O) groups is 1. The summed E-state index contributed by atoms with van der Waals surface area (Å²) in [4.78, 5) is 21.1. The van der Waals surface area contributed by atoms with E-state index in [4.69, 9.17) is 4.74 Å². The van der Waals surface area contributed by atoms with Crippen molar-refractivity contribution in [1.29, 1.82) is 0 Å². The van der Waals surface area contributed by atoms with E-state index in [2.05, 4.69) is 82.4 Å². The van der Waals surface area contributed by atoms with Crippen molar-refractivity contribution in [1.82, 2.24) is 9.88 Å². The van der Waals surface area contributed by atoms with E-state index in [1.807, 2.05) is 50.2 Å². The minimum absolute atomic E-state index is 0.0332. The number of pyridine rings is 1. The van der Waals surface area contributed by atoms with Gasteiger partial charge in [0.05, 0.1) is 13.2 Å². The maximum atomic E-state index is 14.2. The van der Waals surface area contributed by atoms with Crippen LogP contribution in [0, 0.1) is 6.92 Å². The van der Waals surface area contributed by atoms with E-state index in [0.717, 1.165) is 22.4 Å². The van der Waals surface area contributed by atoms with E-state index in [1.165, 1.54) is 11.1 Å². The number of carbonyl (C=O) groups excluding carboxylic acids is 1. The molecule has 1 aliphatic rings. The Morgan fingerprint density at radius 2 is 1.50 bits per heavy atom. The Morgan fingerprint density at radius 3 is 2.08 bits per heavy atom. The SMILES string of the molecule is C=C(C)c1ccccc1C1(C(=O)Nc2ccc(C)nc2OC)CN(C(c2ccccc2)c2ccccc2)C1. The predicted octanol–water partition coefficient (Wildman–Crippen LogP) is 6.41. The highest BCUT2D eigenvalue weighted by Crippen LogP contribution is 2.45. The molecule has 1 fully saturated rings. The summed E-state index contributed by atoms with van der Waals surface area (Å²) >= 11 is 0. The van der Waals surface area contributed by atoms with Crippen molar-refractivity contribution in [3.63, 3.8) is 0 Å². The van der Waals surface area contributed by atoms with Crippen molar-refractivity contribution >= 4 is 17.2 Å². The quantitative estimate of drug-likeness (QED) is 0.302. The summed E-state index contributed by atoms with van der Waals surface area (Å²) in [5, 5.41) is 3.15. The van der Waals surface area contributed by atoms with E-state index in [9.17, 15) is 4.79 Å². The summed E-state index contributed by atoms with van der Waals surface area (Å²) in [6.45, 7) is 9.21. The van der Waals surface area contributed by atoms with E-state index in [0.29, 0.717) is 24.7 Å². The smallest absolute Gasteiger partial charge is 0.237 e. The molecule has 5 rings (SSSR count). The van der Waals surface area contributed by atoms with Crippen LogP contribution in [0.1, 0.15) is 40.9 Å². The fourth-order valence-electron chi connectivity index (χ4n) is 5.45. The van der Waals surface area contributed by atoms with Crippen molar-refractivity contribution in [3.8, 4) is 5.88 Å². The van der Waals surface area contributed by atoms with E-state index < -0.39 is 5.41 Å². The largest absolute Gasteiger partial charge is 0.480 e. The molecule has 2 heterocycles. The Balaban J connectivity index is 1.56.